The number of hydrogen-bond donors (Lipinski definition) is 1. The van der Waals surface area contributed by atoms with Crippen molar-refractivity contribution >= 4 is 46.8 Å². The number of nitrogens with zero attached hydrogens (tertiary/aromatic N) is 1. The van der Waals surface area contributed by atoms with Gasteiger partial charge in [0.05, 0.1) is 15.8 Å². The van der Waals surface area contributed by atoms with Crippen LogP contribution in [0.25, 0.3) is 0 Å². The summed E-state index contributed by atoms with van der Waals surface area (Å²) >= 11 is 13.7. The molecule has 2 aromatic rings. The fraction of sp³-hybridized carbons (Fsp3) is 0.364. The maximum absolute atomic E-state index is 13.1. The quantitative estimate of drug-likeness (QED) is 0.576. The average molecular weight is 453 g/mol. The Morgan fingerprint density at radius 2 is 1.86 bits per heavy atom. The molecule has 2 aromatic carbocycles. The molecule has 7 heteroatoms. The molecule has 0 aliphatic carbocycles. The second-order valence-corrected chi connectivity index (χ2v) is 8.53. The van der Waals surface area contributed by atoms with E-state index >= 15 is 0 Å². The van der Waals surface area contributed by atoms with Crippen LogP contribution in [0, 0.1) is 6.92 Å². The van der Waals surface area contributed by atoms with Crippen molar-refractivity contribution in [2.45, 2.75) is 38.6 Å². The van der Waals surface area contributed by atoms with Gasteiger partial charge in [-0.15, -0.1) is 11.8 Å². The van der Waals surface area contributed by atoms with Crippen LogP contribution in [0.2, 0.25) is 10.0 Å². The Morgan fingerprint density at radius 1 is 1.14 bits per heavy atom. The van der Waals surface area contributed by atoms with Crippen LogP contribution in [0.5, 0.6) is 0 Å². The molecule has 156 valence electrons. The Balaban J connectivity index is 2.14. The predicted molar refractivity (Wildman–Crippen MR) is 122 cm³/mol. The molecule has 1 atom stereocenters. The molecule has 0 saturated heterocycles. The summed E-state index contributed by atoms with van der Waals surface area (Å²) in [5, 5.41) is 3.55. The first kappa shape index (κ1) is 23.6. The van der Waals surface area contributed by atoms with Crippen LogP contribution in [0.1, 0.15) is 30.0 Å². The second-order valence-electron chi connectivity index (χ2n) is 6.73. The number of nitrogens with one attached hydrogen (secondary N) is 1. The third-order valence-corrected chi connectivity index (χ3v) is 6.42. The van der Waals surface area contributed by atoms with Crippen molar-refractivity contribution in [2.24, 2.45) is 0 Å². The SMILES string of the molecule is CC[C@@H](C(=O)NC)N(Cc1ccc(Cl)c(Cl)c1)C(=O)CSCc1ccccc1C. The first-order chi connectivity index (χ1) is 13.9. The van der Waals surface area contributed by atoms with Crippen LogP contribution in [-0.4, -0.2) is 35.6 Å². The monoisotopic (exact) mass is 452 g/mol. The molecule has 1 N–H and O–H groups in total. The Labute approximate surface area is 187 Å². The summed E-state index contributed by atoms with van der Waals surface area (Å²) in [6.45, 7) is 4.26. The number of likely N-dealkylation sites (N-methyl/N-ethyl adjacent to an activating group) is 1. The van der Waals surface area contributed by atoms with E-state index in [0.29, 0.717) is 28.8 Å². The molecule has 0 heterocycles. The van der Waals surface area contributed by atoms with Crippen molar-refractivity contribution in [3.8, 4) is 0 Å². The molecule has 2 rings (SSSR count). The van der Waals surface area contributed by atoms with Crippen LogP contribution in [0.4, 0.5) is 0 Å². The standard InChI is InChI=1S/C22H26Cl2N2O2S/c1-4-20(22(28)25-3)26(12-16-9-10-18(23)19(24)11-16)21(27)14-29-13-17-8-6-5-7-15(17)2/h5-11,20H,4,12-14H2,1-3H3,(H,25,28)/t20-/m0/s1. The zero-order valence-electron chi connectivity index (χ0n) is 16.9. The van der Waals surface area contributed by atoms with Crippen molar-refractivity contribution < 1.29 is 9.59 Å². The molecule has 0 aliphatic heterocycles. The molecule has 0 unspecified atom stereocenters. The van der Waals surface area contributed by atoms with E-state index in [2.05, 4.69) is 24.4 Å². The summed E-state index contributed by atoms with van der Waals surface area (Å²) in [5.41, 5.74) is 3.25. The first-order valence-electron chi connectivity index (χ1n) is 9.44. The maximum atomic E-state index is 13.1. The number of carbonyl (C=O) groups is 2. The highest BCUT2D eigenvalue weighted by atomic mass is 35.5. The Morgan fingerprint density at radius 3 is 2.48 bits per heavy atom. The molecule has 0 spiro atoms. The number of aryl methyl sites for hydroxylation is 1. The number of carbonyl (C=O) groups excluding carboxylic acids is 2. The van der Waals surface area contributed by atoms with E-state index in [-0.39, 0.29) is 11.8 Å². The number of rotatable bonds is 9. The lowest BCUT2D eigenvalue weighted by molar-refractivity contribution is -0.139. The molecule has 0 aliphatic rings. The normalized spacial score (nSPS) is 11.8. The van der Waals surface area contributed by atoms with E-state index in [1.54, 1.807) is 35.8 Å². The minimum atomic E-state index is -0.541. The minimum absolute atomic E-state index is 0.0786. The lowest BCUT2D eigenvalue weighted by atomic mass is 10.1. The number of benzene rings is 2. The molecule has 4 nitrogen and oxygen atoms in total. The van der Waals surface area contributed by atoms with Crippen LogP contribution in [0.15, 0.2) is 42.5 Å². The van der Waals surface area contributed by atoms with Gasteiger partial charge >= 0.3 is 0 Å². The van der Waals surface area contributed by atoms with E-state index in [0.717, 1.165) is 11.3 Å². The van der Waals surface area contributed by atoms with Gasteiger partial charge in [0.25, 0.3) is 0 Å². The van der Waals surface area contributed by atoms with Crippen molar-refractivity contribution in [3.05, 3.63) is 69.2 Å². The fourth-order valence-electron chi connectivity index (χ4n) is 3.02. The van der Waals surface area contributed by atoms with Gasteiger partial charge in [-0.25, -0.2) is 0 Å². The van der Waals surface area contributed by atoms with Crippen molar-refractivity contribution in [1.82, 2.24) is 10.2 Å². The molecule has 0 aromatic heterocycles. The van der Waals surface area contributed by atoms with Crippen LogP contribution in [0.3, 0.4) is 0 Å². The summed E-state index contributed by atoms with van der Waals surface area (Å²) in [6.07, 6.45) is 0.523. The average Bonchev–Trinajstić information content (AvgIpc) is 2.71. The summed E-state index contributed by atoms with van der Waals surface area (Å²) in [4.78, 5) is 27.1. The van der Waals surface area contributed by atoms with E-state index < -0.39 is 6.04 Å². The summed E-state index contributed by atoms with van der Waals surface area (Å²) < 4.78 is 0. The predicted octanol–water partition coefficient (Wildman–Crippen LogP) is 5.09. The Hall–Kier alpha value is -1.69. The first-order valence-corrected chi connectivity index (χ1v) is 11.4. The van der Waals surface area contributed by atoms with Gasteiger partial charge in [0.1, 0.15) is 6.04 Å². The lowest BCUT2D eigenvalue weighted by Crippen LogP contribution is -2.48. The summed E-state index contributed by atoms with van der Waals surface area (Å²) in [5.74, 6) is 0.786. The number of amides is 2. The third kappa shape index (κ3) is 6.66. The van der Waals surface area contributed by atoms with Gasteiger partial charge in [0.15, 0.2) is 0 Å². The van der Waals surface area contributed by atoms with E-state index in [9.17, 15) is 9.59 Å². The number of halogens is 2. The number of thioether (sulfide) groups is 1. The molecule has 0 radical (unpaired) electrons. The van der Waals surface area contributed by atoms with Crippen molar-refractivity contribution in [1.29, 1.82) is 0 Å². The maximum Gasteiger partial charge on any atom is 0.242 e. The van der Waals surface area contributed by atoms with Crippen molar-refractivity contribution in [2.75, 3.05) is 12.8 Å². The topological polar surface area (TPSA) is 49.4 Å². The van der Waals surface area contributed by atoms with Gasteiger partial charge in [-0.05, 0) is 42.2 Å². The molecule has 0 saturated carbocycles. The van der Waals surface area contributed by atoms with Crippen LogP contribution in [-0.2, 0) is 21.9 Å². The fourth-order valence-corrected chi connectivity index (χ4v) is 4.33. The van der Waals surface area contributed by atoms with Gasteiger partial charge in [-0.1, -0.05) is 60.5 Å². The van der Waals surface area contributed by atoms with E-state index in [1.165, 1.54) is 11.1 Å². The molecular formula is C22H26Cl2N2O2S. The number of hydrogen-bond acceptors (Lipinski definition) is 3. The molecule has 2 amide bonds. The van der Waals surface area contributed by atoms with Gasteiger partial charge in [-0.3, -0.25) is 9.59 Å². The van der Waals surface area contributed by atoms with Gasteiger partial charge in [0, 0.05) is 19.3 Å². The molecular weight excluding hydrogens is 427 g/mol. The summed E-state index contributed by atoms with van der Waals surface area (Å²) in [7, 11) is 1.58. The largest absolute Gasteiger partial charge is 0.357 e. The third-order valence-electron chi connectivity index (χ3n) is 4.71. The highest BCUT2D eigenvalue weighted by molar-refractivity contribution is 7.99. The van der Waals surface area contributed by atoms with Gasteiger partial charge < -0.3 is 10.2 Å². The Kier molecular flexibility index (Phi) is 9.34. The van der Waals surface area contributed by atoms with E-state index in [1.807, 2.05) is 25.1 Å². The smallest absolute Gasteiger partial charge is 0.242 e. The minimum Gasteiger partial charge on any atom is -0.357 e. The highest BCUT2D eigenvalue weighted by Crippen LogP contribution is 2.24. The zero-order valence-corrected chi connectivity index (χ0v) is 19.2. The van der Waals surface area contributed by atoms with Gasteiger partial charge in [0.2, 0.25) is 11.8 Å². The van der Waals surface area contributed by atoms with Gasteiger partial charge in [-0.2, -0.15) is 0 Å². The molecule has 0 bridgehead atoms. The Bertz CT molecular complexity index is 860. The van der Waals surface area contributed by atoms with Crippen molar-refractivity contribution in [3.63, 3.8) is 0 Å². The highest BCUT2D eigenvalue weighted by Gasteiger charge is 2.28. The molecule has 0 fully saturated rings. The van der Waals surface area contributed by atoms with Crippen LogP contribution < -0.4 is 5.32 Å². The lowest BCUT2D eigenvalue weighted by Gasteiger charge is -2.30. The van der Waals surface area contributed by atoms with E-state index in [4.69, 9.17) is 23.2 Å². The molecule has 29 heavy (non-hydrogen) atoms. The summed E-state index contributed by atoms with van der Waals surface area (Å²) in [6, 6.07) is 12.9. The zero-order chi connectivity index (χ0) is 21.4. The second kappa shape index (κ2) is 11.5. The van der Waals surface area contributed by atoms with Crippen LogP contribution >= 0.6 is 35.0 Å².